The van der Waals surface area contributed by atoms with E-state index in [2.05, 4.69) is 0 Å². The number of rotatable bonds is 3. The molecule has 2 atom stereocenters. The van der Waals surface area contributed by atoms with Gasteiger partial charge < -0.3 is 14.6 Å². The van der Waals surface area contributed by atoms with Crippen LogP contribution in [0.3, 0.4) is 0 Å². The third kappa shape index (κ3) is 1.34. The van der Waals surface area contributed by atoms with E-state index >= 15 is 0 Å². The number of halogens is 1. The van der Waals surface area contributed by atoms with Gasteiger partial charge in [-0.1, -0.05) is 6.92 Å². The van der Waals surface area contributed by atoms with Crippen LogP contribution >= 0.6 is 0 Å². The predicted octanol–water partition coefficient (Wildman–Crippen LogP) is 2.68. The molecular weight excluding hydrogens is 199 g/mol. The summed E-state index contributed by atoms with van der Waals surface area (Å²) < 4.78 is 23.9. The Labute approximate surface area is 88.9 Å². The van der Waals surface area contributed by atoms with Crippen molar-refractivity contribution in [2.45, 2.75) is 45.6 Å². The molecule has 0 bridgehead atoms. The molecule has 1 N–H and O–H groups in total. The van der Waals surface area contributed by atoms with E-state index in [1.54, 1.807) is 6.92 Å². The number of aliphatic hydroxyl groups excluding tert-OH is 1. The highest BCUT2D eigenvalue weighted by Crippen LogP contribution is 2.60. The largest absolute Gasteiger partial charge is 0.504 e. The molecule has 0 aromatic carbocycles. The van der Waals surface area contributed by atoms with Crippen molar-refractivity contribution >= 4 is 0 Å². The second kappa shape index (κ2) is 3.11. The SMILES string of the molecule is CCOC1=C(O)[C@H](F)O[C@@]1(C)C1(C)CC1. The highest BCUT2D eigenvalue weighted by Gasteiger charge is 2.62. The summed E-state index contributed by atoms with van der Waals surface area (Å²) >= 11 is 0. The maximum absolute atomic E-state index is 13.3. The molecule has 0 saturated heterocycles. The van der Waals surface area contributed by atoms with E-state index in [1.807, 2.05) is 13.8 Å². The van der Waals surface area contributed by atoms with Crippen LogP contribution < -0.4 is 0 Å². The Balaban J connectivity index is 2.34. The number of hydrogen-bond acceptors (Lipinski definition) is 3. The van der Waals surface area contributed by atoms with Gasteiger partial charge in [0.2, 0.25) is 0 Å². The zero-order chi connectivity index (χ0) is 11.3. The molecule has 86 valence electrons. The third-order valence-electron chi connectivity index (χ3n) is 3.66. The van der Waals surface area contributed by atoms with Crippen molar-refractivity contribution in [1.82, 2.24) is 0 Å². The van der Waals surface area contributed by atoms with Crippen LogP contribution in [0.5, 0.6) is 0 Å². The van der Waals surface area contributed by atoms with Gasteiger partial charge >= 0.3 is 0 Å². The third-order valence-corrected chi connectivity index (χ3v) is 3.66. The fourth-order valence-electron chi connectivity index (χ4n) is 2.10. The van der Waals surface area contributed by atoms with Gasteiger partial charge in [0.05, 0.1) is 6.61 Å². The van der Waals surface area contributed by atoms with Crippen LogP contribution in [0.15, 0.2) is 11.5 Å². The Kier molecular flexibility index (Phi) is 2.23. The van der Waals surface area contributed by atoms with Gasteiger partial charge in [-0.2, -0.15) is 0 Å². The Morgan fingerprint density at radius 2 is 2.13 bits per heavy atom. The number of hydrogen-bond donors (Lipinski definition) is 1. The molecule has 0 aromatic rings. The first-order valence-corrected chi connectivity index (χ1v) is 5.33. The van der Waals surface area contributed by atoms with Crippen LogP contribution in [0.1, 0.15) is 33.6 Å². The first-order valence-electron chi connectivity index (χ1n) is 5.33. The van der Waals surface area contributed by atoms with Crippen molar-refractivity contribution in [3.63, 3.8) is 0 Å². The van der Waals surface area contributed by atoms with Crippen molar-refractivity contribution < 1.29 is 19.0 Å². The lowest BCUT2D eigenvalue weighted by Crippen LogP contribution is -2.38. The van der Waals surface area contributed by atoms with Crippen molar-refractivity contribution in [3.8, 4) is 0 Å². The van der Waals surface area contributed by atoms with E-state index in [0.29, 0.717) is 6.61 Å². The minimum atomic E-state index is -1.74. The molecule has 0 amide bonds. The molecule has 15 heavy (non-hydrogen) atoms. The van der Waals surface area contributed by atoms with Crippen molar-refractivity contribution in [2.24, 2.45) is 5.41 Å². The van der Waals surface area contributed by atoms with Gasteiger partial charge in [0.1, 0.15) is 5.60 Å². The second-order valence-electron chi connectivity index (χ2n) is 4.68. The maximum Gasteiger partial charge on any atom is 0.261 e. The molecule has 0 radical (unpaired) electrons. The van der Waals surface area contributed by atoms with Crippen molar-refractivity contribution in [1.29, 1.82) is 0 Å². The standard InChI is InChI=1S/C11H17FO3/c1-4-14-8-7(13)9(12)15-11(8,3)10(2)5-6-10/h9,13H,4-6H2,1-3H3/t9-,11-/m1/s1. The summed E-state index contributed by atoms with van der Waals surface area (Å²) in [6.45, 7) is 6.03. The van der Waals surface area contributed by atoms with Gasteiger partial charge in [0, 0.05) is 5.41 Å². The first kappa shape index (κ1) is 10.7. The van der Waals surface area contributed by atoms with E-state index in [0.717, 1.165) is 12.8 Å². The van der Waals surface area contributed by atoms with Crippen LogP contribution in [0.25, 0.3) is 0 Å². The summed E-state index contributed by atoms with van der Waals surface area (Å²) in [5.41, 5.74) is -0.918. The molecule has 2 rings (SSSR count). The molecule has 1 saturated carbocycles. The second-order valence-corrected chi connectivity index (χ2v) is 4.68. The minimum Gasteiger partial charge on any atom is -0.504 e. The molecule has 0 aromatic heterocycles. The lowest BCUT2D eigenvalue weighted by molar-refractivity contribution is -0.130. The highest BCUT2D eigenvalue weighted by atomic mass is 19.1. The van der Waals surface area contributed by atoms with Gasteiger partial charge in [-0.05, 0) is 26.7 Å². The van der Waals surface area contributed by atoms with Gasteiger partial charge in [0.15, 0.2) is 11.5 Å². The molecule has 0 unspecified atom stereocenters. The summed E-state index contributed by atoms with van der Waals surface area (Å²) in [5, 5.41) is 9.57. The van der Waals surface area contributed by atoms with Gasteiger partial charge in [-0.25, -0.2) is 4.39 Å². The maximum atomic E-state index is 13.3. The van der Waals surface area contributed by atoms with E-state index in [4.69, 9.17) is 9.47 Å². The summed E-state index contributed by atoms with van der Waals surface area (Å²) in [6.07, 6.45) is 0.203. The summed E-state index contributed by atoms with van der Waals surface area (Å²) in [6, 6.07) is 0. The monoisotopic (exact) mass is 216 g/mol. The molecule has 3 nitrogen and oxygen atoms in total. The molecule has 0 spiro atoms. The number of alkyl halides is 1. The zero-order valence-electron chi connectivity index (χ0n) is 9.34. The molecule has 2 aliphatic rings. The molecule has 4 heteroatoms. The van der Waals surface area contributed by atoms with Crippen LogP contribution in [-0.4, -0.2) is 23.7 Å². The van der Waals surface area contributed by atoms with Crippen LogP contribution in [0, 0.1) is 5.41 Å². The van der Waals surface area contributed by atoms with Crippen molar-refractivity contribution in [2.75, 3.05) is 6.61 Å². The van der Waals surface area contributed by atoms with Crippen LogP contribution in [0.2, 0.25) is 0 Å². The highest BCUT2D eigenvalue weighted by molar-refractivity contribution is 5.28. The van der Waals surface area contributed by atoms with E-state index in [-0.39, 0.29) is 11.2 Å². The number of ether oxygens (including phenoxy) is 2. The predicted molar refractivity (Wildman–Crippen MR) is 53.0 cm³/mol. The lowest BCUT2D eigenvalue weighted by atomic mass is 9.86. The molecule has 1 heterocycles. The van der Waals surface area contributed by atoms with E-state index < -0.39 is 17.7 Å². The Hall–Kier alpha value is -0.770. The Bertz CT molecular complexity index is 309. The lowest BCUT2D eigenvalue weighted by Gasteiger charge is -2.32. The zero-order valence-corrected chi connectivity index (χ0v) is 9.34. The molecule has 1 aliphatic carbocycles. The smallest absolute Gasteiger partial charge is 0.261 e. The van der Waals surface area contributed by atoms with Gasteiger partial charge in [-0.3, -0.25) is 0 Å². The normalized spacial score (nSPS) is 38.3. The molecular formula is C11H17FO3. The average molecular weight is 216 g/mol. The molecule has 1 aliphatic heterocycles. The van der Waals surface area contributed by atoms with Gasteiger partial charge in [0.25, 0.3) is 6.36 Å². The minimum absolute atomic E-state index is 0.105. The van der Waals surface area contributed by atoms with Gasteiger partial charge in [-0.15, -0.1) is 0 Å². The van der Waals surface area contributed by atoms with Crippen molar-refractivity contribution in [3.05, 3.63) is 11.5 Å². The van der Waals surface area contributed by atoms with E-state index in [1.165, 1.54) is 0 Å². The first-order chi connectivity index (χ1) is 6.94. The molecule has 1 fully saturated rings. The van der Waals surface area contributed by atoms with Crippen LogP contribution in [0.4, 0.5) is 4.39 Å². The van der Waals surface area contributed by atoms with E-state index in [9.17, 15) is 9.50 Å². The quantitative estimate of drug-likeness (QED) is 0.788. The Morgan fingerprint density at radius 3 is 2.60 bits per heavy atom. The summed E-state index contributed by atoms with van der Waals surface area (Å²) in [7, 11) is 0. The average Bonchev–Trinajstić information content (AvgIpc) is 2.88. The summed E-state index contributed by atoms with van der Waals surface area (Å²) in [5.74, 6) is -0.120. The van der Waals surface area contributed by atoms with Crippen LogP contribution in [-0.2, 0) is 9.47 Å². The number of aliphatic hydroxyl groups is 1. The topological polar surface area (TPSA) is 38.7 Å². The fourth-order valence-corrected chi connectivity index (χ4v) is 2.10. The summed E-state index contributed by atoms with van der Waals surface area (Å²) in [4.78, 5) is 0. The Morgan fingerprint density at radius 1 is 1.53 bits per heavy atom. The fraction of sp³-hybridized carbons (Fsp3) is 0.818.